The Morgan fingerprint density at radius 1 is 1.00 bits per heavy atom. The molecule has 0 atom stereocenters. The van der Waals surface area contributed by atoms with Crippen LogP contribution in [0.4, 0.5) is 18.9 Å². The van der Waals surface area contributed by atoms with Crippen molar-refractivity contribution < 1.29 is 27.4 Å². The zero-order valence-electron chi connectivity index (χ0n) is 21.2. The second-order valence-corrected chi connectivity index (χ2v) is 8.32. The van der Waals surface area contributed by atoms with Crippen molar-refractivity contribution in [3.63, 3.8) is 0 Å². The predicted octanol–water partition coefficient (Wildman–Crippen LogP) is 5.91. The molecule has 0 aliphatic carbocycles. The average Bonchev–Trinajstić information content (AvgIpc) is 3.48. The highest BCUT2D eigenvalue weighted by Gasteiger charge is 2.23. The van der Waals surface area contributed by atoms with E-state index < -0.39 is 45.9 Å². The van der Waals surface area contributed by atoms with Crippen molar-refractivity contribution in [1.29, 1.82) is 0 Å². The molecule has 13 heteroatoms. The van der Waals surface area contributed by atoms with Crippen LogP contribution >= 0.6 is 12.4 Å². The number of carbonyl (C=O) groups excluding carboxylic acids is 1. The van der Waals surface area contributed by atoms with Crippen LogP contribution in [0.25, 0.3) is 16.8 Å². The molecule has 0 saturated carbocycles. The van der Waals surface area contributed by atoms with Crippen LogP contribution in [-0.4, -0.2) is 32.3 Å². The second-order valence-electron chi connectivity index (χ2n) is 8.32. The maximum atomic E-state index is 15.1. The van der Waals surface area contributed by atoms with Gasteiger partial charge >= 0.3 is 0 Å². The van der Waals surface area contributed by atoms with Gasteiger partial charge in [0.2, 0.25) is 0 Å². The summed E-state index contributed by atoms with van der Waals surface area (Å²) in [7, 11) is 0. The summed E-state index contributed by atoms with van der Waals surface area (Å²) >= 11 is 0. The van der Waals surface area contributed by atoms with Crippen LogP contribution in [0.15, 0.2) is 84.3 Å². The number of carbonyl (C=O) groups is 1. The van der Waals surface area contributed by atoms with Gasteiger partial charge in [-0.05, 0) is 43.3 Å². The SMILES string of the molecule is CCOc1ccn(-c2ccc(F)cc2)c(=O)c1C(=O)Nc1cc(F)c(Oc2ccncc2-c2cn[nH]c2)cc1F.Cl. The fourth-order valence-corrected chi connectivity index (χ4v) is 3.90. The Bertz CT molecular complexity index is 1750. The lowest BCUT2D eigenvalue weighted by atomic mass is 10.1. The van der Waals surface area contributed by atoms with Crippen LogP contribution in [0.1, 0.15) is 17.3 Å². The summed E-state index contributed by atoms with van der Waals surface area (Å²) in [4.78, 5) is 30.5. The molecule has 0 aliphatic heterocycles. The minimum Gasteiger partial charge on any atom is -0.493 e. The van der Waals surface area contributed by atoms with Gasteiger partial charge in [-0.1, -0.05) is 0 Å². The van der Waals surface area contributed by atoms with Crippen LogP contribution < -0.4 is 20.3 Å². The minimum atomic E-state index is -1.03. The molecule has 0 saturated heterocycles. The molecule has 5 aromatic rings. The first kappa shape index (κ1) is 28.9. The standard InChI is InChI=1S/C28H20F3N5O4.ClH/c1-2-39-24-8-10-36(18-5-3-17(29)4-6-18)28(38)26(24)27(37)35-22-11-21(31)25(12-20(22)30)40-23-7-9-32-15-19(23)16-13-33-34-14-16;/h3-15H,2H2,1H3,(H,33,34)(H,35,37);1H. The Morgan fingerprint density at radius 2 is 1.78 bits per heavy atom. The van der Waals surface area contributed by atoms with Gasteiger partial charge in [-0.15, -0.1) is 12.4 Å². The Balaban J connectivity index is 0.00000387. The molecule has 0 fully saturated rings. The Hall–Kier alpha value is -5.10. The number of halogens is 4. The Morgan fingerprint density at radius 3 is 2.49 bits per heavy atom. The summed E-state index contributed by atoms with van der Waals surface area (Å²) in [6.07, 6.45) is 7.38. The normalized spacial score (nSPS) is 10.5. The van der Waals surface area contributed by atoms with Gasteiger partial charge < -0.3 is 14.8 Å². The minimum absolute atomic E-state index is 0. The zero-order valence-corrected chi connectivity index (χ0v) is 22.0. The number of hydrogen-bond donors (Lipinski definition) is 2. The molecule has 5 rings (SSSR count). The Labute approximate surface area is 237 Å². The highest BCUT2D eigenvalue weighted by molar-refractivity contribution is 6.06. The van der Waals surface area contributed by atoms with E-state index in [0.717, 1.165) is 28.8 Å². The van der Waals surface area contributed by atoms with Gasteiger partial charge in [0.1, 0.15) is 22.9 Å². The maximum absolute atomic E-state index is 15.1. The van der Waals surface area contributed by atoms with E-state index in [1.807, 2.05) is 0 Å². The first-order valence-corrected chi connectivity index (χ1v) is 11.9. The monoisotopic (exact) mass is 583 g/mol. The van der Waals surface area contributed by atoms with E-state index in [9.17, 15) is 14.0 Å². The summed E-state index contributed by atoms with van der Waals surface area (Å²) in [5.41, 5.74) is -0.395. The third-order valence-electron chi connectivity index (χ3n) is 5.77. The number of hydrogen-bond acceptors (Lipinski definition) is 6. The summed E-state index contributed by atoms with van der Waals surface area (Å²) < 4.78 is 55.7. The third-order valence-corrected chi connectivity index (χ3v) is 5.77. The number of nitrogens with zero attached hydrogens (tertiary/aromatic N) is 3. The van der Waals surface area contributed by atoms with Gasteiger partial charge in [-0.3, -0.25) is 24.2 Å². The quantitative estimate of drug-likeness (QED) is 0.235. The van der Waals surface area contributed by atoms with Gasteiger partial charge in [0, 0.05) is 53.7 Å². The van der Waals surface area contributed by atoms with E-state index in [1.54, 1.807) is 13.1 Å². The molecule has 2 aromatic carbocycles. The van der Waals surface area contributed by atoms with Crippen molar-refractivity contribution in [2.75, 3.05) is 11.9 Å². The van der Waals surface area contributed by atoms with Crippen molar-refractivity contribution in [3.8, 4) is 34.1 Å². The Kier molecular flexibility index (Phi) is 8.73. The van der Waals surface area contributed by atoms with Gasteiger partial charge in [0.15, 0.2) is 17.4 Å². The molecule has 41 heavy (non-hydrogen) atoms. The molecular formula is C28H21ClF3N5O4. The molecule has 0 bridgehead atoms. The first-order valence-electron chi connectivity index (χ1n) is 11.9. The lowest BCUT2D eigenvalue weighted by Gasteiger charge is -2.15. The molecular weight excluding hydrogens is 563 g/mol. The molecule has 2 N–H and O–H groups in total. The largest absolute Gasteiger partial charge is 0.493 e. The zero-order chi connectivity index (χ0) is 28.2. The third kappa shape index (κ3) is 6.07. The number of nitrogens with one attached hydrogen (secondary N) is 2. The molecule has 210 valence electrons. The van der Waals surface area contributed by atoms with Gasteiger partial charge in [-0.2, -0.15) is 5.10 Å². The molecule has 9 nitrogen and oxygen atoms in total. The van der Waals surface area contributed by atoms with Crippen LogP contribution in [-0.2, 0) is 0 Å². The van der Waals surface area contributed by atoms with Gasteiger partial charge in [-0.25, -0.2) is 13.2 Å². The van der Waals surface area contributed by atoms with Crippen LogP contribution in [0.5, 0.6) is 17.2 Å². The fraction of sp³-hybridized carbons (Fsp3) is 0.0714. The lowest BCUT2D eigenvalue weighted by Crippen LogP contribution is -2.29. The number of rotatable bonds is 8. The number of H-pyrrole nitrogens is 1. The molecule has 0 unspecified atom stereocenters. The summed E-state index contributed by atoms with van der Waals surface area (Å²) in [5, 5.41) is 8.75. The molecule has 3 heterocycles. The predicted molar refractivity (Wildman–Crippen MR) is 147 cm³/mol. The van der Waals surface area contributed by atoms with Crippen molar-refractivity contribution >= 4 is 24.0 Å². The first-order chi connectivity index (χ1) is 19.4. The fourth-order valence-electron chi connectivity index (χ4n) is 3.90. The molecule has 1 amide bonds. The number of benzene rings is 2. The maximum Gasteiger partial charge on any atom is 0.271 e. The second kappa shape index (κ2) is 12.4. The van der Waals surface area contributed by atoms with Crippen molar-refractivity contribution in [2.45, 2.75) is 6.92 Å². The van der Waals surface area contributed by atoms with E-state index >= 15 is 8.78 Å². The van der Waals surface area contributed by atoms with E-state index in [0.29, 0.717) is 11.1 Å². The highest BCUT2D eigenvalue weighted by atomic mass is 35.5. The molecule has 0 spiro atoms. The van der Waals surface area contributed by atoms with Crippen molar-refractivity contribution in [2.24, 2.45) is 0 Å². The molecule has 0 aliphatic rings. The average molecular weight is 584 g/mol. The number of ether oxygens (including phenoxy) is 2. The van der Waals surface area contributed by atoms with Crippen molar-refractivity contribution in [3.05, 3.63) is 113 Å². The topological polar surface area (TPSA) is 111 Å². The lowest BCUT2D eigenvalue weighted by molar-refractivity contribution is 0.102. The van der Waals surface area contributed by atoms with Gasteiger partial charge in [0.05, 0.1) is 18.5 Å². The van der Waals surface area contributed by atoms with Crippen LogP contribution in [0.3, 0.4) is 0 Å². The number of aromatic nitrogens is 4. The van der Waals surface area contributed by atoms with Gasteiger partial charge in [0.25, 0.3) is 11.5 Å². The van der Waals surface area contributed by atoms with E-state index in [2.05, 4.69) is 20.5 Å². The molecule has 0 radical (unpaired) electrons. The number of pyridine rings is 2. The van der Waals surface area contributed by atoms with Crippen molar-refractivity contribution in [1.82, 2.24) is 19.7 Å². The summed E-state index contributed by atoms with van der Waals surface area (Å²) in [6, 6.07) is 9.39. The van der Waals surface area contributed by atoms with Crippen LogP contribution in [0, 0.1) is 17.5 Å². The number of amides is 1. The highest BCUT2D eigenvalue weighted by Crippen LogP contribution is 2.35. The molecule has 3 aromatic heterocycles. The summed E-state index contributed by atoms with van der Waals surface area (Å²) in [5.74, 6) is -3.85. The van der Waals surface area contributed by atoms with Crippen LogP contribution in [0.2, 0.25) is 0 Å². The van der Waals surface area contributed by atoms with E-state index in [4.69, 9.17) is 9.47 Å². The van der Waals surface area contributed by atoms with E-state index in [-0.39, 0.29) is 36.2 Å². The summed E-state index contributed by atoms with van der Waals surface area (Å²) in [6.45, 7) is 1.78. The smallest absolute Gasteiger partial charge is 0.271 e. The van der Waals surface area contributed by atoms with E-state index in [1.165, 1.54) is 49.1 Å². The number of anilines is 1. The number of aromatic amines is 1.